The number of nitrogens with zero attached hydrogens (tertiary/aromatic N) is 4. The van der Waals surface area contributed by atoms with Gasteiger partial charge in [-0.3, -0.25) is 14.2 Å². The third-order valence-corrected chi connectivity index (χ3v) is 6.80. The molecule has 0 aliphatic rings. The molecule has 3 N–H and O–H groups in total. The van der Waals surface area contributed by atoms with Crippen LogP contribution in [-0.4, -0.2) is 62.7 Å². The van der Waals surface area contributed by atoms with Gasteiger partial charge in [0.05, 0.1) is 5.69 Å². The fourth-order valence-corrected chi connectivity index (χ4v) is 4.79. The molecule has 2 heterocycles. The molecule has 232 valence electrons. The van der Waals surface area contributed by atoms with E-state index >= 15 is 8.78 Å². The lowest BCUT2D eigenvalue weighted by Crippen LogP contribution is -2.39. The number of amides is 2. The Morgan fingerprint density at radius 3 is 2.36 bits per heavy atom. The molecule has 44 heavy (non-hydrogen) atoms. The van der Waals surface area contributed by atoms with Crippen LogP contribution in [0.4, 0.5) is 19.5 Å². The number of fused-ring (bicyclic) bond motifs is 1. The first kappa shape index (κ1) is 32.1. The van der Waals surface area contributed by atoms with Crippen LogP contribution in [0.5, 0.6) is 0 Å². The van der Waals surface area contributed by atoms with Crippen molar-refractivity contribution in [1.82, 2.24) is 24.8 Å². The summed E-state index contributed by atoms with van der Waals surface area (Å²) in [7, 11) is 0. The highest BCUT2D eigenvalue weighted by atomic mass is 19.1. The minimum atomic E-state index is -1.08. The lowest BCUT2D eigenvalue weighted by atomic mass is 9.96. The molecule has 0 radical (unpaired) electrons. The van der Waals surface area contributed by atoms with Gasteiger partial charge in [-0.2, -0.15) is 4.98 Å². The van der Waals surface area contributed by atoms with E-state index in [4.69, 9.17) is 4.98 Å². The molecule has 0 atom stereocenters. The number of pyridine rings is 1. The molecule has 0 fully saturated rings. The average molecular weight is 607 g/mol. The van der Waals surface area contributed by atoms with Gasteiger partial charge < -0.3 is 20.6 Å². The Labute approximate surface area is 253 Å². The average Bonchev–Trinajstić information content (AvgIpc) is 2.95. The normalized spacial score (nSPS) is 11.4. The van der Waals surface area contributed by atoms with Crippen LogP contribution >= 0.6 is 0 Å². The minimum Gasteiger partial charge on any atom is -0.465 e. The van der Waals surface area contributed by atoms with Gasteiger partial charge in [0.25, 0.3) is 11.5 Å². The van der Waals surface area contributed by atoms with Crippen molar-refractivity contribution in [3.05, 3.63) is 81.6 Å². The highest BCUT2D eigenvalue weighted by Gasteiger charge is 2.23. The molecule has 0 saturated heterocycles. The predicted molar refractivity (Wildman–Crippen MR) is 165 cm³/mol. The van der Waals surface area contributed by atoms with E-state index in [0.29, 0.717) is 28.8 Å². The van der Waals surface area contributed by atoms with Crippen molar-refractivity contribution in [3.8, 4) is 16.9 Å². The Balaban J connectivity index is 1.90. The van der Waals surface area contributed by atoms with Crippen LogP contribution in [0.3, 0.4) is 0 Å². The molecular weight excluding hydrogens is 570 g/mol. The molecule has 2 aromatic carbocycles. The summed E-state index contributed by atoms with van der Waals surface area (Å²) in [5.41, 5.74) is 0.331. The van der Waals surface area contributed by atoms with Gasteiger partial charge in [-0.05, 0) is 54.7 Å². The zero-order valence-electron chi connectivity index (χ0n) is 25.4. The van der Waals surface area contributed by atoms with Crippen molar-refractivity contribution in [1.29, 1.82) is 0 Å². The predicted octanol–water partition coefficient (Wildman–Crippen LogP) is 5.61. The molecule has 12 heteroatoms. The third kappa shape index (κ3) is 7.19. The maximum atomic E-state index is 15.0. The molecule has 0 saturated carbocycles. The van der Waals surface area contributed by atoms with Crippen molar-refractivity contribution in [2.45, 2.75) is 41.0 Å². The Morgan fingerprint density at radius 1 is 1.02 bits per heavy atom. The summed E-state index contributed by atoms with van der Waals surface area (Å²) in [5.74, 6) is -2.19. The second kappa shape index (κ2) is 13.2. The molecule has 2 amide bonds. The number of rotatable bonds is 10. The van der Waals surface area contributed by atoms with Crippen molar-refractivity contribution in [2.75, 3.05) is 31.5 Å². The molecule has 10 nitrogen and oxygen atoms in total. The summed E-state index contributed by atoms with van der Waals surface area (Å²) >= 11 is 0. The molecule has 0 bridgehead atoms. The topological polar surface area (TPSA) is 129 Å². The number of benzene rings is 2. The van der Waals surface area contributed by atoms with E-state index < -0.39 is 29.0 Å². The molecule has 0 spiro atoms. The standard InChI is InChI=1S/C32H36F2N6O4/c1-6-14-35-29(42)20-11-10-19(2)22(17-20)26-21-12-13-25(41)40(27-23(33)8-7-9-24(27)34)28(21)38-30(37-26)36-15-16-39(31(43)44)18-32(3,4)5/h7-13,17H,6,14-16,18H2,1-5H3,(H,35,42)(H,43,44)(H,36,37,38). The maximum Gasteiger partial charge on any atom is 0.407 e. The Hall–Kier alpha value is -4.87. The highest BCUT2D eigenvalue weighted by Crippen LogP contribution is 2.31. The van der Waals surface area contributed by atoms with E-state index in [1.165, 1.54) is 23.1 Å². The first-order valence-electron chi connectivity index (χ1n) is 14.3. The molecule has 2 aromatic heterocycles. The van der Waals surface area contributed by atoms with Gasteiger partial charge in [0, 0.05) is 48.8 Å². The van der Waals surface area contributed by atoms with Crippen LogP contribution < -0.4 is 16.2 Å². The number of aryl methyl sites for hydroxylation is 1. The summed E-state index contributed by atoms with van der Waals surface area (Å²) < 4.78 is 30.9. The number of hydrogen-bond donors (Lipinski definition) is 3. The smallest absolute Gasteiger partial charge is 0.407 e. The number of carboxylic acid groups (broad SMARTS) is 1. The highest BCUT2D eigenvalue weighted by molar-refractivity contribution is 5.98. The third-order valence-electron chi connectivity index (χ3n) is 6.80. The van der Waals surface area contributed by atoms with Crippen molar-refractivity contribution < 1.29 is 23.5 Å². The quantitative estimate of drug-likeness (QED) is 0.214. The zero-order chi connectivity index (χ0) is 32.2. The number of halogens is 2. The number of para-hydroxylation sites is 1. The zero-order valence-corrected chi connectivity index (χ0v) is 25.4. The van der Waals surface area contributed by atoms with Crippen molar-refractivity contribution in [2.24, 2.45) is 5.41 Å². The van der Waals surface area contributed by atoms with Gasteiger partial charge in [0.2, 0.25) is 5.95 Å². The molecule has 0 unspecified atom stereocenters. The fraction of sp³-hybridized carbons (Fsp3) is 0.344. The minimum absolute atomic E-state index is 0.00457. The van der Waals surface area contributed by atoms with E-state index in [-0.39, 0.29) is 42.6 Å². The van der Waals surface area contributed by atoms with Crippen molar-refractivity contribution in [3.63, 3.8) is 0 Å². The maximum absolute atomic E-state index is 15.0. The first-order valence-corrected chi connectivity index (χ1v) is 14.3. The number of carbonyl (C=O) groups is 2. The van der Waals surface area contributed by atoms with Crippen LogP contribution in [0.2, 0.25) is 0 Å². The number of nitrogens with one attached hydrogen (secondary N) is 2. The Kier molecular flexibility index (Phi) is 9.61. The summed E-state index contributed by atoms with van der Waals surface area (Å²) in [6.07, 6.45) is -0.325. The fourth-order valence-electron chi connectivity index (χ4n) is 4.79. The Bertz CT molecular complexity index is 1750. The largest absolute Gasteiger partial charge is 0.465 e. The molecule has 4 aromatic rings. The van der Waals surface area contributed by atoms with Crippen molar-refractivity contribution >= 4 is 29.0 Å². The van der Waals surface area contributed by atoms with Crippen LogP contribution in [0.15, 0.2) is 53.3 Å². The lowest BCUT2D eigenvalue weighted by Gasteiger charge is -2.27. The van der Waals surface area contributed by atoms with Gasteiger partial charge in [0.15, 0.2) is 5.65 Å². The summed E-state index contributed by atoms with van der Waals surface area (Å²) in [6.45, 7) is 10.5. The monoisotopic (exact) mass is 606 g/mol. The van der Waals surface area contributed by atoms with Crippen LogP contribution in [0.1, 0.15) is 50.0 Å². The second-order valence-corrected chi connectivity index (χ2v) is 11.7. The summed E-state index contributed by atoms with van der Waals surface area (Å²) in [6, 6.07) is 11.1. The van der Waals surface area contributed by atoms with Gasteiger partial charge in [-0.15, -0.1) is 0 Å². The number of hydrogen-bond acceptors (Lipinski definition) is 6. The second-order valence-electron chi connectivity index (χ2n) is 11.7. The number of carbonyl (C=O) groups excluding carboxylic acids is 1. The van der Waals surface area contributed by atoms with E-state index in [2.05, 4.69) is 15.6 Å². The van der Waals surface area contributed by atoms with E-state index in [0.717, 1.165) is 28.7 Å². The summed E-state index contributed by atoms with van der Waals surface area (Å²) in [5, 5.41) is 15.9. The van der Waals surface area contributed by atoms with E-state index in [9.17, 15) is 19.5 Å². The van der Waals surface area contributed by atoms with Crippen LogP contribution in [0, 0.1) is 24.0 Å². The lowest BCUT2D eigenvalue weighted by molar-refractivity contribution is 0.0953. The molecule has 0 aliphatic carbocycles. The number of anilines is 1. The van der Waals surface area contributed by atoms with Gasteiger partial charge in [-0.25, -0.2) is 18.6 Å². The molecule has 0 aliphatic heterocycles. The number of aromatic nitrogens is 3. The van der Waals surface area contributed by atoms with Crippen LogP contribution in [-0.2, 0) is 0 Å². The van der Waals surface area contributed by atoms with E-state index in [1.807, 2.05) is 34.6 Å². The van der Waals surface area contributed by atoms with Gasteiger partial charge in [0.1, 0.15) is 17.3 Å². The summed E-state index contributed by atoms with van der Waals surface area (Å²) in [4.78, 5) is 48.3. The van der Waals surface area contributed by atoms with Crippen LogP contribution in [0.25, 0.3) is 28.0 Å². The SMILES string of the molecule is CCCNC(=O)c1ccc(C)c(-c2nc(NCCN(CC(C)(C)C)C(=O)O)nc3c2ccc(=O)n3-c2c(F)cccc2F)c1. The van der Waals surface area contributed by atoms with Gasteiger partial charge >= 0.3 is 6.09 Å². The van der Waals surface area contributed by atoms with Gasteiger partial charge in [-0.1, -0.05) is 39.8 Å². The molecule has 4 rings (SSSR count). The Morgan fingerprint density at radius 2 is 1.73 bits per heavy atom. The first-order chi connectivity index (χ1) is 20.8. The van der Waals surface area contributed by atoms with E-state index in [1.54, 1.807) is 18.2 Å². The molecular formula is C32H36F2N6O4.